The quantitative estimate of drug-likeness (QED) is 0.200. The molecule has 0 atom stereocenters. The van der Waals surface area contributed by atoms with E-state index in [9.17, 15) is 0 Å². The number of nitrogens with zero attached hydrogens (tertiary/aromatic N) is 1. The summed E-state index contributed by atoms with van der Waals surface area (Å²) in [6.07, 6.45) is 6.72. The van der Waals surface area contributed by atoms with Crippen LogP contribution in [0.1, 0.15) is 68.6 Å². The van der Waals surface area contributed by atoms with Gasteiger partial charge in [-0.3, -0.25) is 0 Å². The van der Waals surface area contributed by atoms with Crippen LogP contribution in [0, 0.1) is 0 Å². The van der Waals surface area contributed by atoms with Gasteiger partial charge in [-0.25, -0.2) is 0 Å². The lowest BCUT2D eigenvalue weighted by atomic mass is 9.78. The second-order valence-electron chi connectivity index (χ2n) is 13.2. The Bertz CT molecular complexity index is 1960. The third-order valence-corrected chi connectivity index (χ3v) is 10.2. The minimum Gasteiger partial charge on any atom is -0.310 e. The van der Waals surface area contributed by atoms with Crippen LogP contribution in [-0.2, 0) is 5.41 Å². The zero-order valence-electron chi connectivity index (χ0n) is 25.8. The van der Waals surface area contributed by atoms with Crippen molar-refractivity contribution in [2.24, 2.45) is 0 Å². The van der Waals surface area contributed by atoms with Crippen LogP contribution < -0.4 is 4.90 Å². The maximum absolute atomic E-state index is 2.48. The van der Waals surface area contributed by atoms with E-state index in [4.69, 9.17) is 0 Å². The fourth-order valence-corrected chi connectivity index (χ4v) is 7.96. The van der Waals surface area contributed by atoms with E-state index in [0.717, 1.165) is 5.69 Å². The molecule has 0 N–H and O–H groups in total. The molecule has 6 aromatic carbocycles. The summed E-state index contributed by atoms with van der Waals surface area (Å²) >= 11 is 0. The molecule has 2 aliphatic rings. The van der Waals surface area contributed by atoms with Crippen LogP contribution in [-0.4, -0.2) is 0 Å². The molecule has 216 valence electrons. The zero-order chi connectivity index (χ0) is 29.7. The first kappa shape index (κ1) is 27.0. The van der Waals surface area contributed by atoms with Gasteiger partial charge in [0.05, 0.1) is 5.69 Å². The average Bonchev–Trinajstić information content (AvgIpc) is 3.32. The van der Waals surface area contributed by atoms with Crippen LogP contribution in [0.25, 0.3) is 33.0 Å². The maximum Gasteiger partial charge on any atom is 0.0546 e. The van der Waals surface area contributed by atoms with Gasteiger partial charge in [-0.15, -0.1) is 0 Å². The Morgan fingerprint density at radius 2 is 1.23 bits per heavy atom. The van der Waals surface area contributed by atoms with E-state index in [1.165, 1.54) is 87.6 Å². The van der Waals surface area contributed by atoms with Gasteiger partial charge in [0.15, 0.2) is 0 Å². The van der Waals surface area contributed by atoms with Gasteiger partial charge in [-0.05, 0) is 99.3 Å². The standard InChI is InChI=1S/C43H39N/c1-43(2)39-24-14-23-36(30-15-6-3-7-16-30)42(39)37-26-25-35(29-40(37)43)44(34-21-10-5-11-22-34)41-28-33-20-13-12-19-32(33)27-38(41)31-17-8-4-9-18-31/h4-5,8-14,17-30H,3,6-7,15-16H2,1-2H3. The highest BCUT2D eigenvalue weighted by atomic mass is 15.1. The number of fused-ring (bicyclic) bond motifs is 4. The third kappa shape index (κ3) is 4.46. The van der Waals surface area contributed by atoms with Crippen LogP contribution in [0.4, 0.5) is 17.1 Å². The summed E-state index contributed by atoms with van der Waals surface area (Å²) in [5.41, 5.74) is 13.3. The second-order valence-corrected chi connectivity index (χ2v) is 13.2. The highest BCUT2D eigenvalue weighted by Crippen LogP contribution is 2.54. The monoisotopic (exact) mass is 569 g/mol. The Kier molecular flexibility index (Phi) is 6.64. The molecule has 1 saturated carbocycles. The SMILES string of the molecule is CC1(C)c2cc(N(c3ccccc3)c3cc4ccccc4cc3-c3ccccc3)ccc2-c2c(C3CCCCC3)cccc21. The molecular formula is C43H39N. The van der Waals surface area contributed by atoms with Crippen molar-refractivity contribution in [2.45, 2.75) is 57.3 Å². The van der Waals surface area contributed by atoms with E-state index in [2.05, 4.69) is 152 Å². The largest absolute Gasteiger partial charge is 0.310 e. The van der Waals surface area contributed by atoms with Crippen molar-refractivity contribution in [3.63, 3.8) is 0 Å². The van der Waals surface area contributed by atoms with E-state index in [0.29, 0.717) is 5.92 Å². The number of hydrogen-bond donors (Lipinski definition) is 0. The van der Waals surface area contributed by atoms with Crippen molar-refractivity contribution in [3.8, 4) is 22.3 Å². The molecule has 0 spiro atoms. The van der Waals surface area contributed by atoms with Crippen LogP contribution in [0.5, 0.6) is 0 Å². The van der Waals surface area contributed by atoms with Crippen molar-refractivity contribution in [3.05, 3.63) is 150 Å². The van der Waals surface area contributed by atoms with E-state index in [-0.39, 0.29) is 5.41 Å². The van der Waals surface area contributed by atoms with E-state index in [1.54, 1.807) is 5.56 Å². The summed E-state index contributed by atoms with van der Waals surface area (Å²) in [5.74, 6) is 0.673. The smallest absolute Gasteiger partial charge is 0.0546 e. The first-order valence-corrected chi connectivity index (χ1v) is 16.3. The van der Waals surface area contributed by atoms with Gasteiger partial charge in [-0.2, -0.15) is 0 Å². The molecule has 0 saturated heterocycles. The first-order chi connectivity index (χ1) is 21.6. The second kappa shape index (κ2) is 10.8. The Morgan fingerprint density at radius 3 is 1.98 bits per heavy atom. The maximum atomic E-state index is 2.48. The Balaban J connectivity index is 1.34. The summed E-state index contributed by atoms with van der Waals surface area (Å²) in [5, 5.41) is 2.50. The van der Waals surface area contributed by atoms with Crippen molar-refractivity contribution >= 4 is 27.8 Å². The van der Waals surface area contributed by atoms with Crippen LogP contribution in [0.2, 0.25) is 0 Å². The van der Waals surface area contributed by atoms with Gasteiger partial charge in [0, 0.05) is 22.4 Å². The van der Waals surface area contributed by atoms with Gasteiger partial charge in [0.1, 0.15) is 0 Å². The molecule has 44 heavy (non-hydrogen) atoms. The zero-order valence-corrected chi connectivity index (χ0v) is 25.8. The molecule has 0 aliphatic heterocycles. The molecule has 0 radical (unpaired) electrons. The summed E-state index contributed by atoms with van der Waals surface area (Å²) in [4.78, 5) is 2.47. The highest BCUT2D eigenvalue weighted by molar-refractivity contribution is 5.98. The lowest BCUT2D eigenvalue weighted by Gasteiger charge is -2.30. The van der Waals surface area contributed by atoms with E-state index in [1.807, 2.05) is 0 Å². The number of rotatable bonds is 5. The number of para-hydroxylation sites is 1. The average molecular weight is 570 g/mol. The van der Waals surface area contributed by atoms with Crippen LogP contribution >= 0.6 is 0 Å². The highest BCUT2D eigenvalue weighted by Gasteiger charge is 2.38. The molecule has 0 bridgehead atoms. The molecular weight excluding hydrogens is 530 g/mol. The lowest BCUT2D eigenvalue weighted by Crippen LogP contribution is -2.17. The topological polar surface area (TPSA) is 3.24 Å². The van der Waals surface area contributed by atoms with Gasteiger partial charge in [0.25, 0.3) is 0 Å². The molecule has 1 nitrogen and oxygen atoms in total. The van der Waals surface area contributed by atoms with E-state index < -0.39 is 0 Å². The fourth-order valence-electron chi connectivity index (χ4n) is 7.96. The van der Waals surface area contributed by atoms with Crippen molar-refractivity contribution in [2.75, 3.05) is 4.90 Å². The van der Waals surface area contributed by atoms with Crippen LogP contribution in [0.15, 0.2) is 133 Å². The summed E-state index contributed by atoms with van der Waals surface area (Å²) in [6, 6.07) is 49.5. The molecule has 0 unspecified atom stereocenters. The summed E-state index contributed by atoms with van der Waals surface area (Å²) in [6.45, 7) is 4.84. The Labute approximate surface area is 261 Å². The predicted molar refractivity (Wildman–Crippen MR) is 187 cm³/mol. The molecule has 6 aromatic rings. The van der Waals surface area contributed by atoms with Gasteiger partial charge < -0.3 is 4.90 Å². The normalized spacial score (nSPS) is 15.6. The Hall–Kier alpha value is -4.62. The first-order valence-electron chi connectivity index (χ1n) is 16.3. The van der Waals surface area contributed by atoms with Gasteiger partial charge >= 0.3 is 0 Å². The molecule has 2 aliphatic carbocycles. The molecule has 1 fully saturated rings. The molecule has 8 rings (SSSR count). The minimum atomic E-state index is -0.0701. The van der Waals surface area contributed by atoms with Crippen molar-refractivity contribution in [1.82, 2.24) is 0 Å². The van der Waals surface area contributed by atoms with Gasteiger partial charge in [0.2, 0.25) is 0 Å². The predicted octanol–water partition coefficient (Wildman–Crippen LogP) is 12.3. The number of hydrogen-bond acceptors (Lipinski definition) is 1. The third-order valence-electron chi connectivity index (χ3n) is 10.2. The molecule has 0 amide bonds. The number of benzene rings is 6. The van der Waals surface area contributed by atoms with E-state index >= 15 is 0 Å². The Morgan fingerprint density at radius 1 is 0.545 bits per heavy atom. The lowest BCUT2D eigenvalue weighted by molar-refractivity contribution is 0.444. The minimum absolute atomic E-state index is 0.0701. The van der Waals surface area contributed by atoms with Crippen molar-refractivity contribution < 1.29 is 0 Å². The fraction of sp³-hybridized carbons (Fsp3) is 0.209. The molecule has 1 heteroatoms. The molecule has 0 aromatic heterocycles. The van der Waals surface area contributed by atoms with Gasteiger partial charge in [-0.1, -0.05) is 130 Å². The molecule has 0 heterocycles. The van der Waals surface area contributed by atoms with Crippen molar-refractivity contribution in [1.29, 1.82) is 0 Å². The summed E-state index contributed by atoms with van der Waals surface area (Å²) in [7, 11) is 0. The van der Waals surface area contributed by atoms with Crippen LogP contribution in [0.3, 0.4) is 0 Å². The summed E-state index contributed by atoms with van der Waals surface area (Å²) < 4.78 is 0. The number of anilines is 3.